The molecule has 0 saturated carbocycles. The fraction of sp³-hybridized carbons (Fsp3) is 0.222. The molecule has 0 aliphatic carbocycles. The molecule has 1 aliphatic rings. The van der Waals surface area contributed by atoms with Gasteiger partial charge in [0.15, 0.2) is 0 Å². The van der Waals surface area contributed by atoms with Crippen molar-refractivity contribution in [2.45, 2.75) is 19.0 Å². The summed E-state index contributed by atoms with van der Waals surface area (Å²) in [6.45, 7) is 1.58. The van der Waals surface area contributed by atoms with Gasteiger partial charge in [-0.2, -0.15) is 0 Å². The Bertz CT molecular complexity index is 983. The highest BCUT2D eigenvalue weighted by Crippen LogP contribution is 2.31. The SMILES string of the molecule is COc1ccc(C2(C)NC(=O)N(Cc3nnc(-c4cccs4)o3)C2=O)cc1. The number of benzene rings is 1. The molecule has 8 nitrogen and oxygen atoms in total. The molecule has 1 fully saturated rings. The minimum absolute atomic E-state index is 0.0885. The number of rotatable bonds is 5. The zero-order valence-electron chi connectivity index (χ0n) is 14.6. The summed E-state index contributed by atoms with van der Waals surface area (Å²) < 4.78 is 10.7. The molecule has 1 atom stereocenters. The molecule has 138 valence electrons. The van der Waals surface area contributed by atoms with E-state index in [0.29, 0.717) is 17.2 Å². The second-order valence-corrected chi connectivity index (χ2v) is 7.10. The normalized spacial score (nSPS) is 19.4. The third-order valence-electron chi connectivity index (χ3n) is 4.43. The molecule has 0 spiro atoms. The van der Waals surface area contributed by atoms with Crippen LogP contribution in [0.2, 0.25) is 0 Å². The summed E-state index contributed by atoms with van der Waals surface area (Å²) in [6, 6.07) is 10.2. The van der Waals surface area contributed by atoms with Gasteiger partial charge in [0.2, 0.25) is 5.89 Å². The largest absolute Gasteiger partial charge is 0.497 e. The first kappa shape index (κ1) is 17.2. The summed E-state index contributed by atoms with van der Waals surface area (Å²) in [5.74, 6) is 0.849. The first-order valence-corrected chi connectivity index (χ1v) is 9.04. The second kappa shape index (κ2) is 6.51. The molecule has 0 radical (unpaired) electrons. The molecule has 1 aliphatic heterocycles. The number of nitrogens with one attached hydrogen (secondary N) is 1. The van der Waals surface area contributed by atoms with Crippen molar-refractivity contribution in [2.24, 2.45) is 0 Å². The highest BCUT2D eigenvalue weighted by molar-refractivity contribution is 7.13. The van der Waals surface area contributed by atoms with Gasteiger partial charge < -0.3 is 14.5 Å². The minimum atomic E-state index is -1.17. The van der Waals surface area contributed by atoms with E-state index in [1.807, 2.05) is 17.5 Å². The van der Waals surface area contributed by atoms with Crippen molar-refractivity contribution < 1.29 is 18.7 Å². The quantitative estimate of drug-likeness (QED) is 0.680. The van der Waals surface area contributed by atoms with E-state index in [1.54, 1.807) is 38.3 Å². The van der Waals surface area contributed by atoms with Crippen LogP contribution in [0.3, 0.4) is 0 Å². The number of ether oxygens (including phenoxy) is 1. The Hall–Kier alpha value is -3.20. The molecular weight excluding hydrogens is 368 g/mol. The van der Waals surface area contributed by atoms with Crippen LogP contribution in [0, 0.1) is 0 Å². The summed E-state index contributed by atoms with van der Waals surface area (Å²) in [6.07, 6.45) is 0. The number of imide groups is 1. The molecule has 3 amide bonds. The van der Waals surface area contributed by atoms with E-state index in [9.17, 15) is 9.59 Å². The average Bonchev–Trinajstić information content (AvgIpc) is 3.40. The highest BCUT2D eigenvalue weighted by atomic mass is 32.1. The van der Waals surface area contributed by atoms with Crippen LogP contribution < -0.4 is 10.1 Å². The summed E-state index contributed by atoms with van der Waals surface area (Å²) in [5, 5.41) is 12.6. The van der Waals surface area contributed by atoms with E-state index in [4.69, 9.17) is 9.15 Å². The predicted octanol–water partition coefficient (Wildman–Crippen LogP) is 2.77. The van der Waals surface area contributed by atoms with E-state index in [1.165, 1.54) is 11.3 Å². The zero-order chi connectivity index (χ0) is 19.0. The Morgan fingerprint density at radius 1 is 1.22 bits per heavy atom. The Kier molecular flexibility index (Phi) is 4.15. The van der Waals surface area contributed by atoms with E-state index >= 15 is 0 Å². The van der Waals surface area contributed by atoms with E-state index in [2.05, 4.69) is 15.5 Å². The van der Waals surface area contributed by atoms with Crippen molar-refractivity contribution in [2.75, 3.05) is 7.11 Å². The van der Waals surface area contributed by atoms with E-state index in [0.717, 1.165) is 9.78 Å². The number of hydrogen-bond acceptors (Lipinski definition) is 7. The van der Waals surface area contributed by atoms with Crippen LogP contribution in [0.1, 0.15) is 18.4 Å². The van der Waals surface area contributed by atoms with Gasteiger partial charge in [-0.3, -0.25) is 9.69 Å². The van der Waals surface area contributed by atoms with E-state index in [-0.39, 0.29) is 18.3 Å². The van der Waals surface area contributed by atoms with Crippen molar-refractivity contribution in [1.82, 2.24) is 20.4 Å². The topological polar surface area (TPSA) is 97.6 Å². The molecule has 27 heavy (non-hydrogen) atoms. The predicted molar refractivity (Wildman–Crippen MR) is 97.0 cm³/mol. The molecule has 0 bridgehead atoms. The van der Waals surface area contributed by atoms with Gasteiger partial charge in [0.1, 0.15) is 17.8 Å². The Morgan fingerprint density at radius 3 is 2.67 bits per heavy atom. The lowest BCUT2D eigenvalue weighted by molar-refractivity contribution is -0.131. The van der Waals surface area contributed by atoms with Crippen LogP contribution in [0.5, 0.6) is 5.75 Å². The molecule has 3 aromatic rings. The standard InChI is InChI=1S/C18H16N4O4S/c1-18(11-5-7-12(25-2)8-6-11)16(23)22(17(24)19-18)10-14-20-21-15(26-14)13-4-3-9-27-13/h3-9H,10H2,1-2H3,(H,19,24). The Balaban J connectivity index is 1.56. The van der Waals surface area contributed by atoms with Gasteiger partial charge in [-0.1, -0.05) is 18.2 Å². The van der Waals surface area contributed by atoms with Gasteiger partial charge in [0, 0.05) is 0 Å². The molecule has 4 rings (SSSR count). The van der Waals surface area contributed by atoms with Gasteiger partial charge in [-0.15, -0.1) is 21.5 Å². The third-order valence-corrected chi connectivity index (χ3v) is 5.29. The average molecular weight is 384 g/mol. The van der Waals surface area contributed by atoms with Gasteiger partial charge in [-0.25, -0.2) is 4.79 Å². The summed E-state index contributed by atoms with van der Waals surface area (Å²) in [5.41, 5.74) is -0.506. The number of carbonyl (C=O) groups excluding carboxylic acids is 2. The van der Waals surface area contributed by atoms with Crippen molar-refractivity contribution in [1.29, 1.82) is 0 Å². The number of amides is 3. The summed E-state index contributed by atoms with van der Waals surface area (Å²) in [4.78, 5) is 27.3. The number of methoxy groups -OCH3 is 1. The van der Waals surface area contributed by atoms with Gasteiger partial charge in [-0.05, 0) is 36.1 Å². The number of carbonyl (C=O) groups is 2. The highest BCUT2D eigenvalue weighted by Gasteiger charge is 2.49. The van der Waals surface area contributed by atoms with Crippen LogP contribution in [0.15, 0.2) is 46.2 Å². The van der Waals surface area contributed by atoms with Crippen molar-refractivity contribution in [3.63, 3.8) is 0 Å². The fourth-order valence-electron chi connectivity index (χ4n) is 2.91. The smallest absolute Gasteiger partial charge is 0.325 e. The van der Waals surface area contributed by atoms with Crippen LogP contribution in [-0.4, -0.2) is 34.1 Å². The minimum Gasteiger partial charge on any atom is -0.497 e. The number of hydrogen-bond donors (Lipinski definition) is 1. The maximum atomic E-state index is 13.0. The van der Waals surface area contributed by atoms with Crippen LogP contribution in [0.25, 0.3) is 10.8 Å². The summed E-state index contributed by atoms with van der Waals surface area (Å²) >= 11 is 1.47. The maximum absolute atomic E-state index is 13.0. The monoisotopic (exact) mass is 384 g/mol. The Morgan fingerprint density at radius 2 is 2.00 bits per heavy atom. The van der Waals surface area contributed by atoms with Crippen LogP contribution in [0.4, 0.5) is 4.79 Å². The molecule has 1 unspecified atom stereocenters. The number of urea groups is 1. The lowest BCUT2D eigenvalue weighted by atomic mass is 9.92. The van der Waals surface area contributed by atoms with Gasteiger partial charge in [0.05, 0.1) is 12.0 Å². The van der Waals surface area contributed by atoms with Crippen LogP contribution in [-0.2, 0) is 16.9 Å². The molecule has 1 saturated heterocycles. The molecular formula is C18H16N4O4S. The lowest BCUT2D eigenvalue weighted by Gasteiger charge is -2.22. The maximum Gasteiger partial charge on any atom is 0.325 e. The first-order valence-electron chi connectivity index (χ1n) is 8.16. The third kappa shape index (κ3) is 2.95. The Labute approximate surface area is 158 Å². The fourth-order valence-corrected chi connectivity index (χ4v) is 3.56. The van der Waals surface area contributed by atoms with Crippen LogP contribution >= 0.6 is 11.3 Å². The van der Waals surface area contributed by atoms with E-state index < -0.39 is 11.6 Å². The van der Waals surface area contributed by atoms with Gasteiger partial charge in [0.25, 0.3) is 11.8 Å². The second-order valence-electron chi connectivity index (χ2n) is 6.15. The van der Waals surface area contributed by atoms with Gasteiger partial charge >= 0.3 is 6.03 Å². The molecule has 3 heterocycles. The van der Waals surface area contributed by atoms with Crippen molar-refractivity contribution >= 4 is 23.3 Å². The summed E-state index contributed by atoms with van der Waals surface area (Å²) in [7, 11) is 1.57. The number of nitrogens with zero attached hydrogens (tertiary/aromatic N) is 3. The van der Waals surface area contributed by atoms with Crippen molar-refractivity contribution in [3.05, 3.63) is 53.2 Å². The number of thiophene rings is 1. The van der Waals surface area contributed by atoms with Crippen molar-refractivity contribution in [3.8, 4) is 16.5 Å². The lowest BCUT2D eigenvalue weighted by Crippen LogP contribution is -2.40. The zero-order valence-corrected chi connectivity index (χ0v) is 15.4. The molecule has 1 N–H and O–H groups in total. The number of aromatic nitrogens is 2. The first-order chi connectivity index (χ1) is 13.0. The molecule has 9 heteroatoms. The molecule has 2 aromatic heterocycles. The molecule has 1 aromatic carbocycles.